The van der Waals surface area contributed by atoms with Crippen LogP contribution in [0.1, 0.15) is 18.1 Å². The number of hydrogen-bond acceptors (Lipinski definition) is 0. The van der Waals surface area contributed by atoms with Gasteiger partial charge in [0.05, 0.1) is 0 Å². The molecule has 1 aromatic rings. The van der Waals surface area contributed by atoms with Crippen molar-refractivity contribution in [3.63, 3.8) is 0 Å². The van der Waals surface area contributed by atoms with Gasteiger partial charge < -0.3 is 0 Å². The quantitative estimate of drug-likeness (QED) is 0.717. The number of thiol groups is 1. The van der Waals surface area contributed by atoms with Crippen LogP contribution < -0.4 is 0 Å². The van der Waals surface area contributed by atoms with Crippen molar-refractivity contribution in [2.24, 2.45) is 0 Å². The maximum Gasteiger partial charge on any atom is -0.0220 e. The van der Waals surface area contributed by atoms with Crippen LogP contribution in [0.25, 0.3) is 6.08 Å². The molecule has 0 spiro atoms. The summed E-state index contributed by atoms with van der Waals surface area (Å²) in [4.78, 5) is 0. The highest BCUT2D eigenvalue weighted by Gasteiger charge is 1.96. The van der Waals surface area contributed by atoms with E-state index in [0.717, 1.165) is 6.42 Å². The van der Waals surface area contributed by atoms with Crippen LogP contribution in [0.4, 0.5) is 0 Å². The summed E-state index contributed by atoms with van der Waals surface area (Å²) in [6.45, 7) is 2.20. The van der Waals surface area contributed by atoms with Crippen LogP contribution in [0.15, 0.2) is 52.6 Å². The fourth-order valence-corrected chi connectivity index (χ4v) is 2.86. The summed E-state index contributed by atoms with van der Waals surface area (Å²) in [7, 11) is -0.128. The van der Waals surface area contributed by atoms with E-state index < -0.39 is 0 Å². The highest BCUT2D eigenvalue weighted by atomic mass is 32.2. The summed E-state index contributed by atoms with van der Waals surface area (Å²) < 4.78 is 0. The molecule has 1 heteroatoms. The number of rotatable bonds is 3. The van der Waals surface area contributed by atoms with Crippen molar-refractivity contribution < 1.29 is 0 Å². The lowest BCUT2D eigenvalue weighted by atomic mass is 10.1. The summed E-state index contributed by atoms with van der Waals surface area (Å²) in [6, 6.07) is 8.60. The Kier molecular flexibility index (Phi) is 3.46. The van der Waals surface area contributed by atoms with Crippen molar-refractivity contribution in [3.8, 4) is 0 Å². The SMILES string of the molecule is CCc1ccccc1C=C[SH]1C=CC=C1. The fraction of sp³-hybridized carbons (Fsp3) is 0.143. The zero-order valence-electron chi connectivity index (χ0n) is 8.93. The largest absolute Gasteiger partial charge is 0.193 e. The first kappa shape index (κ1) is 10.3. The van der Waals surface area contributed by atoms with Crippen LogP contribution in [0.5, 0.6) is 0 Å². The lowest BCUT2D eigenvalue weighted by Crippen LogP contribution is -1.84. The molecule has 1 aliphatic rings. The molecule has 0 aromatic heterocycles. The van der Waals surface area contributed by atoms with Gasteiger partial charge in [0.15, 0.2) is 0 Å². The van der Waals surface area contributed by atoms with Crippen LogP contribution >= 0.6 is 10.9 Å². The van der Waals surface area contributed by atoms with Crippen molar-refractivity contribution in [2.75, 3.05) is 0 Å². The van der Waals surface area contributed by atoms with E-state index in [1.54, 1.807) is 0 Å². The summed E-state index contributed by atoms with van der Waals surface area (Å²) in [5, 5.41) is 6.84. The second-order valence-electron chi connectivity index (χ2n) is 3.50. The van der Waals surface area contributed by atoms with E-state index in [4.69, 9.17) is 0 Å². The van der Waals surface area contributed by atoms with Gasteiger partial charge in [-0.25, -0.2) is 0 Å². The minimum atomic E-state index is -0.128. The van der Waals surface area contributed by atoms with E-state index in [9.17, 15) is 0 Å². The Labute approximate surface area is 94.4 Å². The first-order valence-electron chi connectivity index (χ1n) is 5.28. The third kappa shape index (κ3) is 2.63. The van der Waals surface area contributed by atoms with Gasteiger partial charge in [0.25, 0.3) is 0 Å². The van der Waals surface area contributed by atoms with E-state index >= 15 is 0 Å². The van der Waals surface area contributed by atoms with E-state index in [1.165, 1.54) is 11.1 Å². The van der Waals surface area contributed by atoms with Gasteiger partial charge in [0, 0.05) is 0 Å². The molecule has 0 radical (unpaired) electrons. The molecular weight excluding hydrogens is 200 g/mol. The molecule has 0 saturated carbocycles. The lowest BCUT2D eigenvalue weighted by molar-refractivity contribution is 1.13. The molecule has 78 valence electrons. The molecule has 0 saturated heterocycles. The minimum Gasteiger partial charge on any atom is -0.193 e. The van der Waals surface area contributed by atoms with Gasteiger partial charge in [-0.15, -0.1) is 0 Å². The van der Waals surface area contributed by atoms with Crippen LogP contribution in [0, 0.1) is 0 Å². The molecule has 1 heterocycles. The Bertz CT molecular complexity index is 401. The van der Waals surface area contributed by atoms with E-state index in [0.29, 0.717) is 0 Å². The second kappa shape index (κ2) is 5.04. The molecule has 0 nitrogen and oxygen atoms in total. The molecule has 2 rings (SSSR count). The summed E-state index contributed by atoms with van der Waals surface area (Å²) >= 11 is 0. The van der Waals surface area contributed by atoms with E-state index in [-0.39, 0.29) is 10.9 Å². The van der Waals surface area contributed by atoms with Gasteiger partial charge in [0.1, 0.15) is 0 Å². The van der Waals surface area contributed by atoms with Crippen molar-refractivity contribution >= 4 is 17.0 Å². The topological polar surface area (TPSA) is 0 Å². The highest BCUT2D eigenvalue weighted by molar-refractivity contribution is 8.24. The van der Waals surface area contributed by atoms with Gasteiger partial charge in [-0.2, -0.15) is 10.9 Å². The summed E-state index contributed by atoms with van der Waals surface area (Å²) in [5.41, 5.74) is 2.78. The van der Waals surface area contributed by atoms with Crippen molar-refractivity contribution in [1.29, 1.82) is 0 Å². The van der Waals surface area contributed by atoms with Crippen molar-refractivity contribution in [3.05, 3.63) is 63.8 Å². The van der Waals surface area contributed by atoms with Crippen LogP contribution in [0.2, 0.25) is 0 Å². The van der Waals surface area contributed by atoms with Crippen molar-refractivity contribution in [1.82, 2.24) is 0 Å². The summed E-state index contributed by atoms with van der Waals surface area (Å²) in [5.74, 6) is 0. The predicted octanol–water partition coefficient (Wildman–Crippen LogP) is 4.26. The normalized spacial score (nSPS) is 16.7. The molecule has 1 aromatic carbocycles. The van der Waals surface area contributed by atoms with E-state index in [2.05, 4.69) is 65.6 Å². The number of aryl methyl sites for hydroxylation is 1. The number of benzene rings is 1. The predicted molar refractivity (Wildman–Crippen MR) is 72.1 cm³/mol. The molecule has 0 atom stereocenters. The molecule has 1 aliphatic heterocycles. The Balaban J connectivity index is 2.16. The maximum absolute atomic E-state index is 2.31. The van der Waals surface area contributed by atoms with Crippen molar-refractivity contribution in [2.45, 2.75) is 13.3 Å². The Hall–Kier alpha value is -1.21. The molecule has 0 fully saturated rings. The average Bonchev–Trinajstić information content (AvgIpc) is 2.79. The Morgan fingerprint density at radius 1 is 1.13 bits per heavy atom. The smallest absolute Gasteiger partial charge is 0.0220 e. The second-order valence-corrected chi connectivity index (χ2v) is 5.29. The first-order chi connectivity index (χ1) is 7.40. The fourth-order valence-electron chi connectivity index (χ4n) is 1.63. The standard InChI is InChI=1S/C14H16S/c1-2-13-7-3-4-8-14(13)9-12-15-10-5-6-11-15/h3-12,15H,2H2,1H3. The molecule has 0 bridgehead atoms. The lowest BCUT2D eigenvalue weighted by Gasteiger charge is -2.04. The van der Waals surface area contributed by atoms with Crippen LogP contribution in [-0.2, 0) is 6.42 Å². The minimum absolute atomic E-state index is 0.128. The van der Waals surface area contributed by atoms with Gasteiger partial charge >= 0.3 is 0 Å². The Morgan fingerprint density at radius 2 is 1.87 bits per heavy atom. The van der Waals surface area contributed by atoms with E-state index in [1.807, 2.05) is 0 Å². The Morgan fingerprint density at radius 3 is 2.60 bits per heavy atom. The highest BCUT2D eigenvalue weighted by Crippen LogP contribution is 2.34. The first-order valence-corrected chi connectivity index (χ1v) is 6.83. The van der Waals surface area contributed by atoms with Crippen LogP contribution in [0.3, 0.4) is 0 Å². The molecule has 0 N–H and O–H groups in total. The molecule has 0 amide bonds. The van der Waals surface area contributed by atoms with Gasteiger partial charge in [0.2, 0.25) is 0 Å². The number of allylic oxidation sites excluding steroid dienone is 2. The molecule has 15 heavy (non-hydrogen) atoms. The molecule has 0 aliphatic carbocycles. The third-order valence-electron chi connectivity index (χ3n) is 2.49. The molecule has 0 unspecified atom stereocenters. The zero-order chi connectivity index (χ0) is 10.5. The maximum atomic E-state index is 2.31. The molecular formula is C14H16S. The zero-order valence-corrected chi connectivity index (χ0v) is 9.82. The summed E-state index contributed by atoms with van der Waals surface area (Å²) in [6.07, 6.45) is 7.61. The van der Waals surface area contributed by atoms with Gasteiger partial charge in [-0.05, 0) is 39.8 Å². The average molecular weight is 216 g/mol. The monoisotopic (exact) mass is 216 g/mol. The third-order valence-corrected chi connectivity index (χ3v) is 4.02. The van der Waals surface area contributed by atoms with Gasteiger partial charge in [-0.3, -0.25) is 0 Å². The number of hydrogen-bond donors (Lipinski definition) is 1. The van der Waals surface area contributed by atoms with Crippen LogP contribution in [-0.4, -0.2) is 0 Å². The van der Waals surface area contributed by atoms with Gasteiger partial charge in [-0.1, -0.05) is 43.3 Å².